The lowest BCUT2D eigenvalue weighted by Gasteiger charge is -2.13. The Morgan fingerprint density at radius 3 is 2.41 bits per heavy atom. The molecular formula is C28H30N4OS. The standard InChI is InChI=1S/C28H30N4OS/c1-21-14-16-24(17-15-21)27-30-31-28(32(27)25-12-7-6-9-22(25)2)34-20-8-13-26(33)29-19-18-23-10-4-3-5-11-23/h3-7,9-12,14-17H,8,13,18-20H2,1-2H3,(H,29,33). The molecule has 0 unspecified atom stereocenters. The molecule has 6 heteroatoms. The number of aryl methyl sites for hydroxylation is 2. The van der Waals surface area contributed by atoms with Crippen LogP contribution in [0.25, 0.3) is 17.1 Å². The second-order valence-electron chi connectivity index (χ2n) is 8.33. The van der Waals surface area contributed by atoms with Crippen LogP contribution in [0.2, 0.25) is 0 Å². The monoisotopic (exact) mass is 470 g/mol. The van der Waals surface area contributed by atoms with E-state index in [4.69, 9.17) is 0 Å². The van der Waals surface area contributed by atoms with Gasteiger partial charge in [0.1, 0.15) is 0 Å². The van der Waals surface area contributed by atoms with Gasteiger partial charge in [0.15, 0.2) is 11.0 Å². The van der Waals surface area contributed by atoms with Crippen LogP contribution in [0, 0.1) is 13.8 Å². The number of para-hydroxylation sites is 1. The first-order valence-corrected chi connectivity index (χ1v) is 12.6. The third-order valence-electron chi connectivity index (χ3n) is 5.66. The van der Waals surface area contributed by atoms with Gasteiger partial charge in [0.25, 0.3) is 0 Å². The summed E-state index contributed by atoms with van der Waals surface area (Å²) >= 11 is 1.64. The maximum atomic E-state index is 12.2. The highest BCUT2D eigenvalue weighted by atomic mass is 32.2. The van der Waals surface area contributed by atoms with Crippen LogP contribution in [-0.4, -0.2) is 33.0 Å². The third-order valence-corrected chi connectivity index (χ3v) is 6.67. The molecule has 0 aliphatic heterocycles. The molecule has 0 saturated carbocycles. The minimum absolute atomic E-state index is 0.0947. The van der Waals surface area contributed by atoms with E-state index in [2.05, 4.69) is 82.5 Å². The van der Waals surface area contributed by atoms with Crippen LogP contribution in [0.15, 0.2) is 84.0 Å². The van der Waals surface area contributed by atoms with Gasteiger partial charge in [-0.3, -0.25) is 9.36 Å². The van der Waals surface area contributed by atoms with Crippen LogP contribution in [0.5, 0.6) is 0 Å². The van der Waals surface area contributed by atoms with Crippen LogP contribution in [0.1, 0.15) is 29.5 Å². The Morgan fingerprint density at radius 1 is 0.912 bits per heavy atom. The molecular weight excluding hydrogens is 440 g/mol. The van der Waals surface area contributed by atoms with Crippen molar-refractivity contribution in [3.05, 3.63) is 95.6 Å². The topological polar surface area (TPSA) is 59.8 Å². The zero-order valence-corrected chi connectivity index (χ0v) is 20.5. The smallest absolute Gasteiger partial charge is 0.220 e. The van der Waals surface area contributed by atoms with E-state index < -0.39 is 0 Å². The van der Waals surface area contributed by atoms with Gasteiger partial charge in [0, 0.05) is 24.3 Å². The van der Waals surface area contributed by atoms with Crippen molar-refractivity contribution >= 4 is 17.7 Å². The van der Waals surface area contributed by atoms with E-state index >= 15 is 0 Å². The van der Waals surface area contributed by atoms with Crippen LogP contribution < -0.4 is 5.32 Å². The zero-order chi connectivity index (χ0) is 23.8. The Bertz CT molecular complexity index is 1220. The van der Waals surface area contributed by atoms with Gasteiger partial charge in [-0.15, -0.1) is 10.2 Å². The average Bonchev–Trinajstić information content (AvgIpc) is 3.27. The molecule has 4 rings (SSSR count). The molecule has 4 aromatic rings. The first-order valence-electron chi connectivity index (χ1n) is 11.6. The molecule has 0 saturated heterocycles. The predicted molar refractivity (Wildman–Crippen MR) is 139 cm³/mol. The zero-order valence-electron chi connectivity index (χ0n) is 19.7. The molecule has 1 N–H and O–H groups in total. The second kappa shape index (κ2) is 11.7. The number of aromatic nitrogens is 3. The Morgan fingerprint density at radius 2 is 1.65 bits per heavy atom. The Balaban J connectivity index is 1.37. The fourth-order valence-corrected chi connectivity index (χ4v) is 4.64. The molecule has 5 nitrogen and oxygen atoms in total. The molecule has 0 radical (unpaired) electrons. The number of hydrogen-bond acceptors (Lipinski definition) is 4. The van der Waals surface area contributed by atoms with Gasteiger partial charge in [-0.1, -0.05) is 90.1 Å². The van der Waals surface area contributed by atoms with E-state index in [0.717, 1.165) is 46.4 Å². The molecule has 0 aliphatic carbocycles. The first kappa shape index (κ1) is 23.8. The molecule has 1 amide bonds. The summed E-state index contributed by atoms with van der Waals surface area (Å²) in [7, 11) is 0. The molecule has 34 heavy (non-hydrogen) atoms. The maximum absolute atomic E-state index is 12.2. The number of hydrogen-bond donors (Lipinski definition) is 1. The van der Waals surface area contributed by atoms with E-state index in [1.54, 1.807) is 11.8 Å². The molecule has 0 atom stereocenters. The van der Waals surface area contributed by atoms with Gasteiger partial charge in [-0.05, 0) is 43.9 Å². The molecule has 0 aliphatic rings. The summed E-state index contributed by atoms with van der Waals surface area (Å²) in [4.78, 5) is 12.2. The highest BCUT2D eigenvalue weighted by molar-refractivity contribution is 7.99. The van der Waals surface area contributed by atoms with Crippen molar-refractivity contribution in [1.29, 1.82) is 0 Å². The number of nitrogens with zero attached hydrogens (tertiary/aromatic N) is 3. The molecule has 0 bridgehead atoms. The van der Waals surface area contributed by atoms with Crippen molar-refractivity contribution in [1.82, 2.24) is 20.1 Å². The van der Waals surface area contributed by atoms with Gasteiger partial charge in [-0.25, -0.2) is 0 Å². The number of thioether (sulfide) groups is 1. The van der Waals surface area contributed by atoms with Crippen molar-refractivity contribution in [2.24, 2.45) is 0 Å². The highest BCUT2D eigenvalue weighted by Gasteiger charge is 2.17. The van der Waals surface area contributed by atoms with Gasteiger partial charge in [0.2, 0.25) is 5.91 Å². The second-order valence-corrected chi connectivity index (χ2v) is 9.39. The van der Waals surface area contributed by atoms with E-state index in [-0.39, 0.29) is 5.91 Å². The predicted octanol–water partition coefficient (Wildman–Crippen LogP) is 5.78. The third kappa shape index (κ3) is 6.14. The van der Waals surface area contributed by atoms with Crippen molar-refractivity contribution in [2.45, 2.75) is 38.3 Å². The highest BCUT2D eigenvalue weighted by Crippen LogP contribution is 2.30. The number of carbonyl (C=O) groups excluding carboxylic acids is 1. The lowest BCUT2D eigenvalue weighted by atomic mass is 10.1. The lowest BCUT2D eigenvalue weighted by molar-refractivity contribution is -0.121. The minimum Gasteiger partial charge on any atom is -0.356 e. The van der Waals surface area contributed by atoms with Crippen LogP contribution in [0.3, 0.4) is 0 Å². The van der Waals surface area contributed by atoms with E-state index in [1.165, 1.54) is 11.1 Å². The van der Waals surface area contributed by atoms with E-state index in [9.17, 15) is 4.79 Å². The fourth-order valence-electron chi connectivity index (χ4n) is 3.76. The lowest BCUT2D eigenvalue weighted by Crippen LogP contribution is -2.25. The number of nitrogens with one attached hydrogen (secondary N) is 1. The summed E-state index contributed by atoms with van der Waals surface area (Å²) in [5.41, 5.74) is 5.71. The SMILES string of the molecule is Cc1ccc(-c2nnc(SCCCC(=O)NCCc3ccccc3)n2-c2ccccc2C)cc1. The Labute approximate surface area is 205 Å². The molecule has 174 valence electrons. The molecule has 1 heterocycles. The van der Waals surface area contributed by atoms with Crippen molar-refractivity contribution in [3.8, 4) is 17.1 Å². The molecule has 0 fully saturated rings. The average molecular weight is 471 g/mol. The summed E-state index contributed by atoms with van der Waals surface area (Å²) in [6.45, 7) is 4.84. The summed E-state index contributed by atoms with van der Waals surface area (Å²) in [5.74, 6) is 1.72. The number of benzene rings is 3. The summed E-state index contributed by atoms with van der Waals surface area (Å²) in [5, 5.41) is 12.9. The van der Waals surface area contributed by atoms with Crippen molar-refractivity contribution < 1.29 is 4.79 Å². The largest absolute Gasteiger partial charge is 0.356 e. The van der Waals surface area contributed by atoms with Gasteiger partial charge in [0.05, 0.1) is 5.69 Å². The first-order chi connectivity index (χ1) is 16.6. The van der Waals surface area contributed by atoms with Gasteiger partial charge >= 0.3 is 0 Å². The Hall–Kier alpha value is -3.38. The van der Waals surface area contributed by atoms with Crippen molar-refractivity contribution in [3.63, 3.8) is 0 Å². The maximum Gasteiger partial charge on any atom is 0.220 e. The number of amides is 1. The van der Waals surface area contributed by atoms with Crippen molar-refractivity contribution in [2.75, 3.05) is 12.3 Å². The van der Waals surface area contributed by atoms with Crippen LogP contribution >= 0.6 is 11.8 Å². The minimum atomic E-state index is 0.0947. The van der Waals surface area contributed by atoms with Crippen LogP contribution in [-0.2, 0) is 11.2 Å². The summed E-state index contributed by atoms with van der Waals surface area (Å²) in [6.07, 6.45) is 2.14. The van der Waals surface area contributed by atoms with Gasteiger partial charge in [-0.2, -0.15) is 0 Å². The fraction of sp³-hybridized carbons (Fsp3) is 0.250. The summed E-state index contributed by atoms with van der Waals surface area (Å²) < 4.78 is 2.13. The molecule has 0 spiro atoms. The van der Waals surface area contributed by atoms with E-state index in [1.807, 2.05) is 30.3 Å². The molecule has 3 aromatic carbocycles. The molecule has 1 aromatic heterocycles. The Kier molecular flexibility index (Phi) is 8.15. The quantitative estimate of drug-likeness (QED) is 0.236. The number of carbonyl (C=O) groups is 1. The van der Waals surface area contributed by atoms with Crippen LogP contribution in [0.4, 0.5) is 0 Å². The number of rotatable bonds is 10. The normalized spacial score (nSPS) is 10.9. The van der Waals surface area contributed by atoms with Gasteiger partial charge < -0.3 is 5.32 Å². The summed E-state index contributed by atoms with van der Waals surface area (Å²) in [6, 6.07) is 26.8. The van der Waals surface area contributed by atoms with E-state index in [0.29, 0.717) is 13.0 Å².